The van der Waals surface area contributed by atoms with E-state index in [1.54, 1.807) is 0 Å². The van der Waals surface area contributed by atoms with Crippen LogP contribution in [0.4, 0.5) is 10.5 Å². The highest BCUT2D eigenvalue weighted by Gasteiger charge is 2.05. The van der Waals surface area contributed by atoms with Crippen molar-refractivity contribution in [1.29, 1.82) is 0 Å². The molecular formula is C18H21N3O3. The van der Waals surface area contributed by atoms with E-state index >= 15 is 0 Å². The number of alkyl carbamates (subject to hydrolysis) is 1. The number of nitrogen functional groups attached to an aromatic ring is 1. The number of nitrogens with two attached hydrogens (primary N) is 1. The number of carbonyl (C=O) groups excluding carboxylic acids is 2. The van der Waals surface area contributed by atoms with Crippen LogP contribution in [0.15, 0.2) is 48.5 Å². The topological polar surface area (TPSA) is 93.4 Å². The summed E-state index contributed by atoms with van der Waals surface area (Å²) < 4.78 is 4.75. The predicted octanol–water partition coefficient (Wildman–Crippen LogP) is 1.95. The number of likely N-dealkylation sites (N-methyl/N-ethyl adjacent to an activating group) is 1. The van der Waals surface area contributed by atoms with Gasteiger partial charge in [-0.25, -0.2) is 4.79 Å². The third kappa shape index (κ3) is 5.31. The first-order chi connectivity index (χ1) is 11.6. The molecule has 6 nitrogen and oxygen atoms in total. The van der Waals surface area contributed by atoms with Crippen LogP contribution in [0.1, 0.15) is 5.56 Å². The lowest BCUT2D eigenvalue weighted by molar-refractivity contribution is -0.123. The van der Waals surface area contributed by atoms with Crippen LogP contribution < -0.4 is 16.4 Å². The van der Waals surface area contributed by atoms with Gasteiger partial charge in [-0.05, 0) is 35.2 Å². The minimum Gasteiger partial charge on any atom is -0.439 e. The number of hydrogen-bond donors (Lipinski definition) is 3. The quantitative estimate of drug-likeness (QED) is 0.707. The van der Waals surface area contributed by atoms with E-state index in [0.29, 0.717) is 13.0 Å². The van der Waals surface area contributed by atoms with Gasteiger partial charge in [0.25, 0.3) is 5.91 Å². The Morgan fingerprint density at radius 2 is 1.83 bits per heavy atom. The SMILES string of the molecule is CNC(=O)COC(=O)NCCc1ccc(-c2cccc(N)c2)cc1. The van der Waals surface area contributed by atoms with Gasteiger partial charge in [0.15, 0.2) is 6.61 Å². The number of carbonyl (C=O) groups is 2. The molecule has 0 aromatic heterocycles. The molecule has 24 heavy (non-hydrogen) atoms. The molecule has 0 spiro atoms. The van der Waals surface area contributed by atoms with Gasteiger partial charge < -0.3 is 21.1 Å². The average Bonchev–Trinajstić information content (AvgIpc) is 2.60. The van der Waals surface area contributed by atoms with Crippen molar-refractivity contribution in [2.75, 3.05) is 25.9 Å². The minimum atomic E-state index is -0.602. The highest BCUT2D eigenvalue weighted by Crippen LogP contribution is 2.21. The largest absolute Gasteiger partial charge is 0.439 e. The Morgan fingerprint density at radius 1 is 1.08 bits per heavy atom. The number of rotatable bonds is 6. The lowest BCUT2D eigenvalue weighted by Gasteiger charge is -2.07. The average molecular weight is 327 g/mol. The molecular weight excluding hydrogens is 306 g/mol. The van der Waals surface area contributed by atoms with Crippen molar-refractivity contribution >= 4 is 17.7 Å². The van der Waals surface area contributed by atoms with Crippen LogP contribution in [0.3, 0.4) is 0 Å². The minimum absolute atomic E-state index is 0.281. The van der Waals surface area contributed by atoms with Gasteiger partial charge in [-0.15, -0.1) is 0 Å². The van der Waals surface area contributed by atoms with Gasteiger partial charge in [0.1, 0.15) is 0 Å². The van der Waals surface area contributed by atoms with E-state index in [0.717, 1.165) is 22.4 Å². The molecule has 4 N–H and O–H groups in total. The van der Waals surface area contributed by atoms with Crippen molar-refractivity contribution < 1.29 is 14.3 Å². The highest BCUT2D eigenvalue weighted by atomic mass is 16.6. The van der Waals surface area contributed by atoms with Gasteiger partial charge in [-0.3, -0.25) is 4.79 Å². The zero-order valence-electron chi connectivity index (χ0n) is 13.5. The first-order valence-corrected chi connectivity index (χ1v) is 7.64. The van der Waals surface area contributed by atoms with Crippen LogP contribution in [0, 0.1) is 0 Å². The molecule has 126 valence electrons. The number of hydrogen-bond acceptors (Lipinski definition) is 4. The zero-order valence-corrected chi connectivity index (χ0v) is 13.5. The summed E-state index contributed by atoms with van der Waals surface area (Å²) in [5, 5.41) is 4.98. The molecule has 0 saturated heterocycles. The molecule has 0 unspecified atom stereocenters. The Morgan fingerprint density at radius 3 is 2.50 bits per heavy atom. The third-order valence-corrected chi connectivity index (χ3v) is 3.47. The van der Waals surface area contributed by atoms with Crippen molar-refractivity contribution in [1.82, 2.24) is 10.6 Å². The molecule has 0 aliphatic rings. The molecule has 6 heteroatoms. The Labute approximate surface area is 141 Å². The van der Waals surface area contributed by atoms with Crippen molar-refractivity contribution in [2.45, 2.75) is 6.42 Å². The fourth-order valence-corrected chi connectivity index (χ4v) is 2.15. The maximum Gasteiger partial charge on any atom is 0.407 e. The Bertz CT molecular complexity index is 699. The van der Waals surface area contributed by atoms with E-state index in [4.69, 9.17) is 10.5 Å². The lowest BCUT2D eigenvalue weighted by atomic mass is 10.0. The van der Waals surface area contributed by atoms with Gasteiger partial charge in [0.05, 0.1) is 0 Å². The van der Waals surface area contributed by atoms with Crippen LogP contribution in [-0.4, -0.2) is 32.2 Å². The van der Waals surface area contributed by atoms with E-state index < -0.39 is 6.09 Å². The predicted molar refractivity (Wildman–Crippen MR) is 93.4 cm³/mol. The van der Waals surface area contributed by atoms with Crippen molar-refractivity contribution in [3.05, 3.63) is 54.1 Å². The number of amides is 2. The smallest absolute Gasteiger partial charge is 0.407 e. The molecule has 0 radical (unpaired) electrons. The number of anilines is 1. The fourth-order valence-electron chi connectivity index (χ4n) is 2.15. The molecule has 2 amide bonds. The van der Waals surface area contributed by atoms with Crippen LogP contribution in [0.25, 0.3) is 11.1 Å². The Kier molecular flexibility index (Phi) is 6.19. The van der Waals surface area contributed by atoms with Crippen molar-refractivity contribution in [2.24, 2.45) is 0 Å². The van der Waals surface area contributed by atoms with Crippen LogP contribution >= 0.6 is 0 Å². The number of benzene rings is 2. The maximum atomic E-state index is 11.4. The maximum absolute atomic E-state index is 11.4. The highest BCUT2D eigenvalue weighted by molar-refractivity contribution is 5.79. The number of ether oxygens (including phenoxy) is 1. The monoisotopic (exact) mass is 327 g/mol. The molecule has 0 aliphatic heterocycles. The van der Waals surface area contributed by atoms with Crippen molar-refractivity contribution in [3.63, 3.8) is 0 Å². The standard InChI is InChI=1S/C18H21N3O3/c1-20-17(22)12-24-18(23)21-10-9-13-5-7-14(8-6-13)15-3-2-4-16(19)11-15/h2-8,11H,9-10,12,19H2,1H3,(H,20,22)(H,21,23). The van der Waals surface area contributed by atoms with Gasteiger partial charge in [-0.2, -0.15) is 0 Å². The fraction of sp³-hybridized carbons (Fsp3) is 0.222. The summed E-state index contributed by atoms with van der Waals surface area (Å²) in [6, 6.07) is 15.8. The van der Waals surface area contributed by atoms with Crippen LogP contribution in [-0.2, 0) is 16.0 Å². The van der Waals surface area contributed by atoms with Gasteiger partial charge >= 0.3 is 6.09 Å². The molecule has 2 aromatic rings. The third-order valence-electron chi connectivity index (χ3n) is 3.47. The summed E-state index contributed by atoms with van der Waals surface area (Å²) in [6.45, 7) is 0.154. The van der Waals surface area contributed by atoms with E-state index in [1.807, 2.05) is 48.5 Å². The van der Waals surface area contributed by atoms with E-state index in [1.165, 1.54) is 7.05 Å². The first kappa shape index (κ1) is 17.3. The molecule has 0 saturated carbocycles. The lowest BCUT2D eigenvalue weighted by Crippen LogP contribution is -2.31. The molecule has 0 fully saturated rings. The second-order valence-electron chi connectivity index (χ2n) is 5.25. The number of nitrogens with one attached hydrogen (secondary N) is 2. The first-order valence-electron chi connectivity index (χ1n) is 7.64. The normalized spacial score (nSPS) is 10.0. The van der Waals surface area contributed by atoms with Crippen molar-refractivity contribution in [3.8, 4) is 11.1 Å². The summed E-state index contributed by atoms with van der Waals surface area (Å²) in [5.41, 5.74) is 9.77. The second kappa shape index (κ2) is 8.57. The van der Waals surface area contributed by atoms with Crippen LogP contribution in [0.2, 0.25) is 0 Å². The summed E-state index contributed by atoms with van der Waals surface area (Å²) >= 11 is 0. The summed E-state index contributed by atoms with van der Waals surface area (Å²) in [6.07, 6.45) is 0.0710. The van der Waals surface area contributed by atoms with E-state index in [2.05, 4.69) is 10.6 Å². The summed E-state index contributed by atoms with van der Waals surface area (Å²) in [4.78, 5) is 22.4. The molecule has 0 heterocycles. The second-order valence-corrected chi connectivity index (χ2v) is 5.25. The van der Waals surface area contributed by atoms with Gasteiger partial charge in [0.2, 0.25) is 0 Å². The molecule has 0 aliphatic carbocycles. The van der Waals surface area contributed by atoms with Gasteiger partial charge in [0, 0.05) is 19.3 Å². The Balaban J connectivity index is 1.80. The Hall–Kier alpha value is -3.02. The molecule has 0 bridgehead atoms. The van der Waals surface area contributed by atoms with E-state index in [9.17, 15) is 9.59 Å². The summed E-state index contributed by atoms with van der Waals surface area (Å²) in [7, 11) is 1.48. The summed E-state index contributed by atoms with van der Waals surface area (Å²) in [5.74, 6) is -0.345. The van der Waals surface area contributed by atoms with E-state index in [-0.39, 0.29) is 12.5 Å². The zero-order chi connectivity index (χ0) is 17.4. The van der Waals surface area contributed by atoms with Gasteiger partial charge in [-0.1, -0.05) is 36.4 Å². The molecule has 0 atom stereocenters. The molecule has 2 rings (SSSR count). The van der Waals surface area contributed by atoms with Crippen LogP contribution in [0.5, 0.6) is 0 Å². The molecule has 2 aromatic carbocycles.